The molecule has 2 rings (SSSR count). The molecule has 2 atom stereocenters. The fourth-order valence-corrected chi connectivity index (χ4v) is 2.75. The molecule has 0 radical (unpaired) electrons. The summed E-state index contributed by atoms with van der Waals surface area (Å²) in [5.41, 5.74) is 0. The largest absolute Gasteiger partial charge is 0.481 e. The summed E-state index contributed by atoms with van der Waals surface area (Å²) in [5.74, 6) is -1.32. The zero-order chi connectivity index (χ0) is 15.4. The molecule has 0 aromatic carbocycles. The normalized spacial score (nSPS) is 24.4. The Labute approximate surface area is 124 Å². The van der Waals surface area contributed by atoms with E-state index in [1.165, 1.54) is 4.90 Å². The lowest BCUT2D eigenvalue weighted by molar-refractivity contribution is -0.142. The van der Waals surface area contributed by atoms with Gasteiger partial charge < -0.3 is 20.6 Å². The first-order valence-electron chi connectivity index (χ1n) is 7.48. The van der Waals surface area contributed by atoms with Crippen LogP contribution in [0.1, 0.15) is 32.1 Å². The summed E-state index contributed by atoms with van der Waals surface area (Å²) < 4.78 is 0. The number of urea groups is 1. The van der Waals surface area contributed by atoms with Gasteiger partial charge in [-0.15, -0.1) is 0 Å². The third kappa shape index (κ3) is 4.61. The highest BCUT2D eigenvalue weighted by Gasteiger charge is 2.33. The SMILES string of the molecule is CN(CC(=O)NC1CC1)C(=O)NCC1CCCC1C(=O)O. The lowest BCUT2D eigenvalue weighted by Crippen LogP contribution is -2.45. The zero-order valence-corrected chi connectivity index (χ0v) is 12.3. The Morgan fingerprint density at radius 3 is 2.52 bits per heavy atom. The molecule has 118 valence electrons. The van der Waals surface area contributed by atoms with Crippen LogP contribution in [-0.4, -0.2) is 54.1 Å². The number of rotatable bonds is 6. The Morgan fingerprint density at radius 2 is 1.90 bits per heavy atom. The van der Waals surface area contributed by atoms with Gasteiger partial charge in [-0.25, -0.2) is 4.79 Å². The summed E-state index contributed by atoms with van der Waals surface area (Å²) in [6.45, 7) is 0.375. The van der Waals surface area contributed by atoms with Crippen LogP contribution in [0.25, 0.3) is 0 Å². The fraction of sp³-hybridized carbons (Fsp3) is 0.786. The number of aliphatic carboxylic acids is 1. The molecular formula is C14H23N3O4. The van der Waals surface area contributed by atoms with Crippen LogP contribution in [0, 0.1) is 11.8 Å². The van der Waals surface area contributed by atoms with Crippen LogP contribution in [0.5, 0.6) is 0 Å². The summed E-state index contributed by atoms with van der Waals surface area (Å²) in [7, 11) is 1.56. The second-order valence-corrected chi connectivity index (χ2v) is 6.02. The van der Waals surface area contributed by atoms with Crippen LogP contribution >= 0.6 is 0 Å². The lowest BCUT2D eigenvalue weighted by atomic mass is 9.96. The van der Waals surface area contributed by atoms with E-state index < -0.39 is 5.97 Å². The average Bonchev–Trinajstić information content (AvgIpc) is 3.09. The zero-order valence-electron chi connectivity index (χ0n) is 12.3. The van der Waals surface area contributed by atoms with Crippen molar-refractivity contribution in [3.8, 4) is 0 Å². The van der Waals surface area contributed by atoms with E-state index in [-0.39, 0.29) is 36.4 Å². The van der Waals surface area contributed by atoms with Crippen molar-refractivity contribution in [3.05, 3.63) is 0 Å². The predicted octanol–water partition coefficient (Wildman–Crippen LogP) is 0.407. The van der Waals surface area contributed by atoms with Gasteiger partial charge >= 0.3 is 12.0 Å². The molecule has 2 fully saturated rings. The molecule has 3 N–H and O–H groups in total. The first kappa shape index (κ1) is 15.6. The van der Waals surface area contributed by atoms with Gasteiger partial charge in [0.2, 0.25) is 5.91 Å². The summed E-state index contributed by atoms with van der Waals surface area (Å²) in [6, 6.07) is -0.0549. The second-order valence-electron chi connectivity index (χ2n) is 6.02. The average molecular weight is 297 g/mol. The predicted molar refractivity (Wildman–Crippen MR) is 75.7 cm³/mol. The monoisotopic (exact) mass is 297 g/mol. The van der Waals surface area contributed by atoms with Crippen molar-refractivity contribution >= 4 is 17.9 Å². The minimum atomic E-state index is -0.788. The van der Waals surface area contributed by atoms with E-state index >= 15 is 0 Å². The van der Waals surface area contributed by atoms with E-state index in [9.17, 15) is 14.4 Å². The highest BCUT2D eigenvalue weighted by atomic mass is 16.4. The van der Waals surface area contributed by atoms with Gasteiger partial charge in [0.05, 0.1) is 5.92 Å². The Morgan fingerprint density at radius 1 is 1.19 bits per heavy atom. The molecule has 2 aliphatic carbocycles. The first-order valence-corrected chi connectivity index (χ1v) is 7.48. The summed E-state index contributed by atoms with van der Waals surface area (Å²) in [6.07, 6.45) is 4.41. The van der Waals surface area contributed by atoms with Gasteiger partial charge in [0.1, 0.15) is 6.54 Å². The second kappa shape index (κ2) is 6.78. The molecule has 3 amide bonds. The molecule has 0 heterocycles. The van der Waals surface area contributed by atoms with Crippen LogP contribution in [0.4, 0.5) is 4.79 Å². The minimum Gasteiger partial charge on any atom is -0.481 e. The third-order valence-corrected chi connectivity index (χ3v) is 4.16. The number of likely N-dealkylation sites (N-methyl/N-ethyl adjacent to an activating group) is 1. The Kier molecular flexibility index (Phi) is 5.03. The Hall–Kier alpha value is -1.79. The minimum absolute atomic E-state index is 0.0138. The molecule has 0 saturated heterocycles. The maximum Gasteiger partial charge on any atom is 0.317 e. The van der Waals surface area contributed by atoms with Gasteiger partial charge in [0.25, 0.3) is 0 Å². The topological polar surface area (TPSA) is 98.7 Å². The molecule has 7 nitrogen and oxygen atoms in total. The van der Waals surface area contributed by atoms with Crippen LogP contribution in [0.2, 0.25) is 0 Å². The fourth-order valence-electron chi connectivity index (χ4n) is 2.75. The van der Waals surface area contributed by atoms with Gasteiger partial charge in [-0.1, -0.05) is 6.42 Å². The number of amides is 3. The van der Waals surface area contributed by atoms with Gasteiger partial charge in [0, 0.05) is 19.6 Å². The molecule has 0 spiro atoms. The maximum absolute atomic E-state index is 11.9. The molecule has 0 aliphatic heterocycles. The van der Waals surface area contributed by atoms with E-state index in [2.05, 4.69) is 10.6 Å². The standard InChI is InChI=1S/C14H23N3O4/c1-17(8-12(18)16-10-5-6-10)14(21)15-7-9-3-2-4-11(9)13(19)20/h9-11H,2-8H2,1H3,(H,15,21)(H,16,18)(H,19,20). The van der Waals surface area contributed by atoms with Gasteiger partial charge in [-0.05, 0) is 31.6 Å². The smallest absolute Gasteiger partial charge is 0.317 e. The van der Waals surface area contributed by atoms with E-state index in [0.29, 0.717) is 13.0 Å². The van der Waals surface area contributed by atoms with Crippen molar-refractivity contribution in [2.75, 3.05) is 20.1 Å². The molecular weight excluding hydrogens is 274 g/mol. The summed E-state index contributed by atoms with van der Waals surface area (Å²) in [4.78, 5) is 35.9. The van der Waals surface area contributed by atoms with Crippen LogP contribution in [0.15, 0.2) is 0 Å². The number of carboxylic acids is 1. The van der Waals surface area contributed by atoms with Crippen molar-refractivity contribution in [2.24, 2.45) is 11.8 Å². The van der Waals surface area contributed by atoms with Crippen LogP contribution < -0.4 is 10.6 Å². The highest BCUT2D eigenvalue weighted by molar-refractivity contribution is 5.84. The third-order valence-electron chi connectivity index (χ3n) is 4.16. The molecule has 2 unspecified atom stereocenters. The van der Waals surface area contributed by atoms with E-state index in [1.807, 2.05) is 0 Å². The molecule has 7 heteroatoms. The van der Waals surface area contributed by atoms with Crippen molar-refractivity contribution in [1.29, 1.82) is 0 Å². The number of carbonyl (C=O) groups excluding carboxylic acids is 2. The van der Waals surface area contributed by atoms with Gasteiger partial charge in [-0.3, -0.25) is 9.59 Å². The van der Waals surface area contributed by atoms with Gasteiger partial charge in [0.15, 0.2) is 0 Å². The number of nitrogens with one attached hydrogen (secondary N) is 2. The molecule has 2 aliphatic rings. The van der Waals surface area contributed by atoms with E-state index in [1.54, 1.807) is 7.05 Å². The van der Waals surface area contributed by atoms with Crippen molar-refractivity contribution in [2.45, 2.75) is 38.1 Å². The Balaban J connectivity index is 1.70. The first-order chi connectivity index (χ1) is 9.97. The van der Waals surface area contributed by atoms with E-state index in [0.717, 1.165) is 25.7 Å². The summed E-state index contributed by atoms with van der Waals surface area (Å²) in [5, 5.41) is 14.6. The van der Waals surface area contributed by atoms with Crippen molar-refractivity contribution in [1.82, 2.24) is 15.5 Å². The Bertz CT molecular complexity index is 422. The number of carboxylic acid groups (broad SMARTS) is 1. The van der Waals surface area contributed by atoms with Crippen molar-refractivity contribution in [3.63, 3.8) is 0 Å². The quantitative estimate of drug-likeness (QED) is 0.661. The molecule has 0 aromatic heterocycles. The van der Waals surface area contributed by atoms with Crippen molar-refractivity contribution < 1.29 is 19.5 Å². The number of carbonyl (C=O) groups is 3. The van der Waals surface area contributed by atoms with Crippen LogP contribution in [0.3, 0.4) is 0 Å². The lowest BCUT2D eigenvalue weighted by Gasteiger charge is -2.21. The number of nitrogens with zero attached hydrogens (tertiary/aromatic N) is 1. The molecule has 0 aromatic rings. The summed E-state index contributed by atoms with van der Waals surface area (Å²) >= 11 is 0. The van der Waals surface area contributed by atoms with Gasteiger partial charge in [-0.2, -0.15) is 0 Å². The maximum atomic E-state index is 11.9. The number of hydrogen-bond acceptors (Lipinski definition) is 3. The van der Waals surface area contributed by atoms with Crippen LogP contribution in [-0.2, 0) is 9.59 Å². The number of hydrogen-bond donors (Lipinski definition) is 3. The highest BCUT2D eigenvalue weighted by Crippen LogP contribution is 2.31. The molecule has 0 bridgehead atoms. The molecule has 21 heavy (non-hydrogen) atoms. The van der Waals surface area contributed by atoms with E-state index in [4.69, 9.17) is 5.11 Å². The molecule has 2 saturated carbocycles.